The molecule has 0 saturated heterocycles. The minimum absolute atomic E-state index is 0.0311. The average molecular weight is 417 g/mol. The normalized spacial score (nSPS) is 12.4. The number of nitrogens with zero attached hydrogens (tertiary/aromatic N) is 3. The van der Waals surface area contributed by atoms with E-state index in [0.29, 0.717) is 10.7 Å². The van der Waals surface area contributed by atoms with Gasteiger partial charge < -0.3 is 4.90 Å². The monoisotopic (exact) mass is 416 g/mol. The van der Waals surface area contributed by atoms with Gasteiger partial charge in [-0.05, 0) is 47.2 Å². The Hall–Kier alpha value is -1.79. The molecule has 1 heterocycles. The van der Waals surface area contributed by atoms with E-state index < -0.39 is 0 Å². The van der Waals surface area contributed by atoms with Gasteiger partial charge in [-0.2, -0.15) is 0 Å². The van der Waals surface area contributed by atoms with Gasteiger partial charge in [-0.15, -0.1) is 10.2 Å². The Balaban J connectivity index is 2.18. The van der Waals surface area contributed by atoms with E-state index in [2.05, 4.69) is 81.9 Å². The number of hydrogen-bond donors (Lipinski definition) is 1. The summed E-state index contributed by atoms with van der Waals surface area (Å²) in [5.74, 6) is -0.131. The summed E-state index contributed by atoms with van der Waals surface area (Å²) in [6, 6.07) is 6.20. The molecular weight excluding hydrogens is 380 g/mol. The zero-order valence-electron chi connectivity index (χ0n) is 19.2. The Bertz CT molecular complexity index is 794. The molecule has 1 aromatic heterocycles. The van der Waals surface area contributed by atoms with Gasteiger partial charge in [-0.25, -0.2) is 0 Å². The van der Waals surface area contributed by atoms with Crippen molar-refractivity contribution in [1.82, 2.24) is 15.1 Å². The highest BCUT2D eigenvalue weighted by molar-refractivity contribution is 7.15. The first-order valence-corrected chi connectivity index (χ1v) is 11.3. The van der Waals surface area contributed by atoms with Crippen molar-refractivity contribution in [2.75, 3.05) is 25.0 Å². The lowest BCUT2D eigenvalue weighted by Crippen LogP contribution is -2.25. The van der Waals surface area contributed by atoms with E-state index in [1.165, 1.54) is 11.3 Å². The second kappa shape index (κ2) is 9.35. The van der Waals surface area contributed by atoms with Crippen LogP contribution in [0.15, 0.2) is 18.2 Å². The molecule has 0 saturated carbocycles. The van der Waals surface area contributed by atoms with Crippen LogP contribution in [0.4, 0.5) is 5.13 Å². The number of likely N-dealkylation sites (N-methyl/N-ethyl adjacent to an activating group) is 1. The number of anilines is 1. The standard InChI is InChI=1S/C23H36N4OS/c1-9-27(10-2)12-11-19-25-26-21(29-19)24-20(28)16-13-17(22(3,4)5)15-18(14-16)23(6,7)8/h13-15H,9-12H2,1-8H3,(H,24,26,28). The second-order valence-corrected chi connectivity index (χ2v) is 10.6. The molecule has 0 spiro atoms. The van der Waals surface area contributed by atoms with Crippen LogP contribution in [0.2, 0.25) is 0 Å². The molecule has 0 atom stereocenters. The summed E-state index contributed by atoms with van der Waals surface area (Å²) >= 11 is 1.46. The number of aromatic nitrogens is 2. The molecule has 1 amide bonds. The fraction of sp³-hybridized carbons (Fsp3) is 0.609. The van der Waals surface area contributed by atoms with Gasteiger partial charge in [0.25, 0.3) is 5.91 Å². The van der Waals surface area contributed by atoms with Crippen LogP contribution < -0.4 is 5.32 Å². The van der Waals surface area contributed by atoms with Crippen LogP contribution >= 0.6 is 11.3 Å². The first kappa shape index (κ1) is 23.5. The summed E-state index contributed by atoms with van der Waals surface area (Å²) in [5, 5.41) is 12.9. The number of benzene rings is 1. The molecule has 0 fully saturated rings. The molecule has 0 bridgehead atoms. The van der Waals surface area contributed by atoms with Crippen LogP contribution in [-0.4, -0.2) is 40.6 Å². The molecule has 2 rings (SSSR count). The summed E-state index contributed by atoms with van der Waals surface area (Å²) in [7, 11) is 0. The maximum Gasteiger partial charge on any atom is 0.257 e. The van der Waals surface area contributed by atoms with Gasteiger partial charge in [-0.3, -0.25) is 10.1 Å². The Morgan fingerprint density at radius 1 is 0.966 bits per heavy atom. The molecule has 0 radical (unpaired) electrons. The quantitative estimate of drug-likeness (QED) is 0.668. The van der Waals surface area contributed by atoms with Crippen molar-refractivity contribution in [3.05, 3.63) is 39.9 Å². The molecule has 6 heteroatoms. The molecular formula is C23H36N4OS. The van der Waals surface area contributed by atoms with Crippen LogP contribution in [0.5, 0.6) is 0 Å². The van der Waals surface area contributed by atoms with Crippen LogP contribution in [-0.2, 0) is 17.3 Å². The number of amides is 1. The van der Waals surface area contributed by atoms with Crippen molar-refractivity contribution in [1.29, 1.82) is 0 Å². The third-order valence-electron chi connectivity index (χ3n) is 5.15. The van der Waals surface area contributed by atoms with Crippen molar-refractivity contribution >= 4 is 22.4 Å². The highest BCUT2D eigenvalue weighted by Gasteiger charge is 2.22. The van der Waals surface area contributed by atoms with Gasteiger partial charge in [0, 0.05) is 18.5 Å². The maximum atomic E-state index is 13.0. The molecule has 0 aliphatic rings. The van der Waals surface area contributed by atoms with Gasteiger partial charge in [-0.1, -0.05) is 72.8 Å². The van der Waals surface area contributed by atoms with Gasteiger partial charge in [0.15, 0.2) is 0 Å². The Morgan fingerprint density at radius 3 is 2.00 bits per heavy atom. The lowest BCUT2D eigenvalue weighted by Gasteiger charge is -2.26. The predicted octanol–water partition coefficient (Wildman–Crippen LogP) is 5.27. The highest BCUT2D eigenvalue weighted by atomic mass is 32.1. The first-order chi connectivity index (χ1) is 13.4. The minimum Gasteiger partial charge on any atom is -0.303 e. The molecule has 0 unspecified atom stereocenters. The van der Waals surface area contributed by atoms with E-state index in [-0.39, 0.29) is 16.7 Å². The van der Waals surface area contributed by atoms with E-state index in [4.69, 9.17) is 0 Å². The Morgan fingerprint density at radius 2 is 1.52 bits per heavy atom. The number of rotatable bonds is 7. The van der Waals surface area contributed by atoms with Gasteiger partial charge in [0.1, 0.15) is 5.01 Å². The number of nitrogens with one attached hydrogen (secondary N) is 1. The molecule has 2 aromatic rings. The van der Waals surface area contributed by atoms with E-state index in [1.807, 2.05) is 12.1 Å². The van der Waals surface area contributed by atoms with E-state index in [0.717, 1.165) is 42.2 Å². The van der Waals surface area contributed by atoms with Crippen molar-refractivity contribution in [2.45, 2.75) is 72.6 Å². The van der Waals surface area contributed by atoms with Crippen LogP contribution in [0, 0.1) is 0 Å². The molecule has 160 valence electrons. The smallest absolute Gasteiger partial charge is 0.257 e. The lowest BCUT2D eigenvalue weighted by atomic mass is 9.79. The van der Waals surface area contributed by atoms with Crippen molar-refractivity contribution < 1.29 is 4.79 Å². The van der Waals surface area contributed by atoms with Crippen LogP contribution in [0.1, 0.15) is 81.9 Å². The highest BCUT2D eigenvalue weighted by Crippen LogP contribution is 2.30. The van der Waals surface area contributed by atoms with Gasteiger partial charge >= 0.3 is 0 Å². The fourth-order valence-corrected chi connectivity index (χ4v) is 3.72. The molecule has 29 heavy (non-hydrogen) atoms. The number of hydrogen-bond acceptors (Lipinski definition) is 5. The van der Waals surface area contributed by atoms with Crippen molar-refractivity contribution in [3.8, 4) is 0 Å². The van der Waals surface area contributed by atoms with E-state index in [1.54, 1.807) is 0 Å². The summed E-state index contributed by atoms with van der Waals surface area (Å²) in [6.07, 6.45) is 0.850. The van der Waals surface area contributed by atoms with Crippen molar-refractivity contribution in [2.24, 2.45) is 0 Å². The SMILES string of the molecule is CCN(CC)CCc1nnc(NC(=O)c2cc(C(C)(C)C)cc(C(C)(C)C)c2)s1. The Kier molecular flexibility index (Phi) is 7.57. The topological polar surface area (TPSA) is 58.1 Å². The maximum absolute atomic E-state index is 13.0. The van der Waals surface area contributed by atoms with Crippen LogP contribution in [0.3, 0.4) is 0 Å². The molecule has 1 aromatic carbocycles. The van der Waals surface area contributed by atoms with Crippen molar-refractivity contribution in [3.63, 3.8) is 0 Å². The molecule has 5 nitrogen and oxygen atoms in total. The summed E-state index contributed by atoms with van der Waals surface area (Å²) in [5.41, 5.74) is 2.93. The molecule has 1 N–H and O–H groups in total. The van der Waals surface area contributed by atoms with Crippen LogP contribution in [0.25, 0.3) is 0 Å². The molecule has 0 aliphatic heterocycles. The second-order valence-electron chi connectivity index (χ2n) is 9.53. The number of carbonyl (C=O) groups excluding carboxylic acids is 1. The van der Waals surface area contributed by atoms with E-state index >= 15 is 0 Å². The summed E-state index contributed by atoms with van der Waals surface area (Å²) in [4.78, 5) is 15.3. The Labute approximate surface area is 179 Å². The third-order valence-corrected chi connectivity index (χ3v) is 6.05. The minimum atomic E-state index is -0.131. The zero-order chi connectivity index (χ0) is 21.8. The third kappa shape index (κ3) is 6.61. The van der Waals surface area contributed by atoms with E-state index in [9.17, 15) is 4.79 Å². The first-order valence-electron chi connectivity index (χ1n) is 10.5. The summed E-state index contributed by atoms with van der Waals surface area (Å²) < 4.78 is 0. The largest absolute Gasteiger partial charge is 0.303 e. The average Bonchev–Trinajstić information content (AvgIpc) is 3.08. The zero-order valence-corrected chi connectivity index (χ0v) is 20.0. The fourth-order valence-electron chi connectivity index (χ4n) is 2.99. The number of carbonyl (C=O) groups is 1. The molecule has 0 aliphatic carbocycles. The van der Waals surface area contributed by atoms with Gasteiger partial charge in [0.2, 0.25) is 5.13 Å². The lowest BCUT2D eigenvalue weighted by molar-refractivity contribution is 0.102. The predicted molar refractivity (Wildman–Crippen MR) is 123 cm³/mol. The van der Waals surface area contributed by atoms with Gasteiger partial charge in [0.05, 0.1) is 0 Å². The summed E-state index contributed by atoms with van der Waals surface area (Å²) in [6.45, 7) is 20.3.